The highest BCUT2D eigenvalue weighted by Gasteiger charge is 1.92. The maximum Gasteiger partial charge on any atom is 0.135 e. The van der Waals surface area contributed by atoms with Gasteiger partial charge in [-0.05, 0) is 12.3 Å². The second-order valence-corrected chi connectivity index (χ2v) is 1.84. The van der Waals surface area contributed by atoms with Crippen LogP contribution in [0, 0.1) is 0 Å². The van der Waals surface area contributed by atoms with Crippen molar-refractivity contribution in [3.8, 4) is 0 Å². The number of ketones is 1. The number of hydrogen-bond acceptors (Lipinski definition) is 3. The van der Waals surface area contributed by atoms with E-state index in [1.807, 2.05) is 0 Å². The molecule has 0 heterocycles. The van der Waals surface area contributed by atoms with Gasteiger partial charge in [0, 0.05) is 12.1 Å². The molecular formula is C5H9NOS. The summed E-state index contributed by atoms with van der Waals surface area (Å²) < 4.78 is 0. The lowest BCUT2D eigenvalue weighted by Gasteiger charge is -1.91. The van der Waals surface area contributed by atoms with Crippen LogP contribution < -0.4 is 5.73 Å². The molecule has 0 radical (unpaired) electrons. The summed E-state index contributed by atoms with van der Waals surface area (Å²) >= 11 is 3.75. The number of hydrogen-bond donors (Lipinski definition) is 2. The summed E-state index contributed by atoms with van der Waals surface area (Å²) in [6, 6.07) is 0. The fourth-order valence-corrected chi connectivity index (χ4v) is 0.424. The smallest absolute Gasteiger partial charge is 0.135 e. The third-order valence-electron chi connectivity index (χ3n) is 0.619. The van der Waals surface area contributed by atoms with Crippen LogP contribution in [0.4, 0.5) is 0 Å². The van der Waals surface area contributed by atoms with Crippen molar-refractivity contribution in [3.05, 3.63) is 11.1 Å². The van der Waals surface area contributed by atoms with Gasteiger partial charge in [-0.1, -0.05) is 0 Å². The van der Waals surface area contributed by atoms with Crippen molar-refractivity contribution in [2.24, 2.45) is 5.73 Å². The van der Waals surface area contributed by atoms with Gasteiger partial charge in [0.25, 0.3) is 0 Å². The van der Waals surface area contributed by atoms with Gasteiger partial charge in [-0.2, -0.15) is 0 Å². The molecule has 0 saturated heterocycles. The van der Waals surface area contributed by atoms with Crippen LogP contribution in [0.1, 0.15) is 13.3 Å². The van der Waals surface area contributed by atoms with Crippen molar-refractivity contribution < 1.29 is 4.79 Å². The van der Waals surface area contributed by atoms with E-state index in [0.717, 1.165) is 0 Å². The molecule has 46 valence electrons. The van der Waals surface area contributed by atoms with Crippen LogP contribution in [0.15, 0.2) is 11.1 Å². The Hall–Kier alpha value is -0.440. The molecule has 0 atom stereocenters. The summed E-state index contributed by atoms with van der Waals surface area (Å²) in [6.45, 7) is 1.49. The molecule has 0 aliphatic rings. The molecule has 2 N–H and O–H groups in total. The lowest BCUT2D eigenvalue weighted by molar-refractivity contribution is -0.116. The van der Waals surface area contributed by atoms with Crippen LogP contribution >= 0.6 is 12.6 Å². The van der Waals surface area contributed by atoms with Gasteiger partial charge in [0.05, 0.1) is 0 Å². The molecule has 0 saturated carbocycles. The Balaban J connectivity index is 3.56. The first-order chi connectivity index (χ1) is 3.66. The average molecular weight is 131 g/mol. The Morgan fingerprint density at radius 2 is 2.38 bits per heavy atom. The Kier molecular flexibility index (Phi) is 3.35. The van der Waals surface area contributed by atoms with Crippen LogP contribution in [0.5, 0.6) is 0 Å². The quantitative estimate of drug-likeness (QED) is 0.542. The lowest BCUT2D eigenvalue weighted by Crippen LogP contribution is -2.01. The molecule has 0 bridgehead atoms. The number of allylic oxidation sites excluding steroid dienone is 1. The monoisotopic (exact) mass is 131 g/mol. The highest BCUT2D eigenvalue weighted by molar-refractivity contribution is 7.83. The van der Waals surface area contributed by atoms with Gasteiger partial charge in [0.2, 0.25) is 0 Å². The zero-order valence-corrected chi connectivity index (χ0v) is 5.61. The maximum absolute atomic E-state index is 10.3. The fraction of sp³-hybridized carbons (Fsp3) is 0.400. The number of Topliss-reactive ketones (excluding diaryl/α,β-unsaturated/α-hetero) is 1. The Labute approximate surface area is 54.2 Å². The molecule has 0 spiro atoms. The van der Waals surface area contributed by atoms with Crippen molar-refractivity contribution in [2.75, 3.05) is 0 Å². The minimum atomic E-state index is 0.0628. The summed E-state index contributed by atoms with van der Waals surface area (Å²) in [7, 11) is 0. The van der Waals surface area contributed by atoms with Gasteiger partial charge >= 0.3 is 0 Å². The average Bonchev–Trinajstić information content (AvgIpc) is 1.65. The van der Waals surface area contributed by atoms with E-state index >= 15 is 0 Å². The van der Waals surface area contributed by atoms with Crippen LogP contribution in [0.3, 0.4) is 0 Å². The van der Waals surface area contributed by atoms with Gasteiger partial charge in [-0.25, -0.2) is 0 Å². The standard InChI is InChI=1S/C5H9NOS/c1-4(7)2-5(6)3-8/h3,8H,2,6H2,1H3/b5-3-. The maximum atomic E-state index is 10.3. The lowest BCUT2D eigenvalue weighted by atomic mass is 10.3. The number of carbonyl (C=O) groups excluding carboxylic acids is 1. The summed E-state index contributed by atoms with van der Waals surface area (Å²) in [5.41, 5.74) is 5.75. The minimum Gasteiger partial charge on any atom is -0.401 e. The summed E-state index contributed by atoms with van der Waals surface area (Å²) in [5, 5.41) is 1.43. The Bertz CT molecular complexity index is 120. The molecule has 0 aromatic heterocycles. The largest absolute Gasteiger partial charge is 0.401 e. The van der Waals surface area contributed by atoms with Gasteiger partial charge in [-0.3, -0.25) is 4.79 Å². The molecule has 0 fully saturated rings. The molecule has 8 heavy (non-hydrogen) atoms. The predicted octanol–water partition coefficient (Wildman–Crippen LogP) is 0.695. The zero-order chi connectivity index (χ0) is 6.57. The van der Waals surface area contributed by atoms with E-state index in [0.29, 0.717) is 12.1 Å². The van der Waals surface area contributed by atoms with Gasteiger partial charge in [0.1, 0.15) is 5.78 Å². The van der Waals surface area contributed by atoms with Crippen LogP contribution in [0.25, 0.3) is 0 Å². The normalized spacial score (nSPS) is 11.5. The molecule has 0 unspecified atom stereocenters. The van der Waals surface area contributed by atoms with Gasteiger partial charge < -0.3 is 5.73 Å². The molecule has 3 heteroatoms. The van der Waals surface area contributed by atoms with Gasteiger partial charge in [-0.15, -0.1) is 12.6 Å². The van der Waals surface area contributed by atoms with E-state index in [9.17, 15) is 4.79 Å². The number of thiol groups is 1. The molecule has 0 aromatic carbocycles. The molecule has 0 aliphatic carbocycles. The summed E-state index contributed by atoms with van der Waals surface area (Å²) in [4.78, 5) is 10.3. The van der Waals surface area contributed by atoms with Crippen LogP contribution in [-0.4, -0.2) is 5.78 Å². The second-order valence-electron chi connectivity index (χ2n) is 1.58. The third kappa shape index (κ3) is 3.74. The van der Waals surface area contributed by atoms with E-state index in [1.54, 1.807) is 0 Å². The number of carbonyl (C=O) groups is 1. The zero-order valence-electron chi connectivity index (χ0n) is 4.72. The van der Waals surface area contributed by atoms with E-state index in [2.05, 4.69) is 12.6 Å². The predicted molar refractivity (Wildman–Crippen MR) is 36.6 cm³/mol. The van der Waals surface area contributed by atoms with E-state index in [1.165, 1.54) is 12.3 Å². The number of nitrogens with two attached hydrogens (primary N) is 1. The van der Waals surface area contributed by atoms with Crippen molar-refractivity contribution in [1.29, 1.82) is 0 Å². The van der Waals surface area contributed by atoms with Crippen molar-refractivity contribution in [3.63, 3.8) is 0 Å². The summed E-state index contributed by atoms with van der Waals surface area (Å²) in [5.74, 6) is 0.0628. The van der Waals surface area contributed by atoms with Crippen molar-refractivity contribution in [2.45, 2.75) is 13.3 Å². The fourth-order valence-electron chi connectivity index (χ4n) is 0.333. The molecule has 2 nitrogen and oxygen atoms in total. The van der Waals surface area contributed by atoms with Crippen molar-refractivity contribution in [1.82, 2.24) is 0 Å². The molecule has 0 rings (SSSR count). The second kappa shape index (κ2) is 3.55. The molecule has 0 aliphatic heterocycles. The first kappa shape index (κ1) is 7.56. The topological polar surface area (TPSA) is 43.1 Å². The van der Waals surface area contributed by atoms with E-state index in [4.69, 9.17) is 5.73 Å². The van der Waals surface area contributed by atoms with Gasteiger partial charge in [0.15, 0.2) is 0 Å². The molecular weight excluding hydrogens is 122 g/mol. The van der Waals surface area contributed by atoms with Crippen molar-refractivity contribution >= 4 is 18.4 Å². The molecule has 0 aromatic rings. The van der Waals surface area contributed by atoms with E-state index in [-0.39, 0.29) is 5.78 Å². The Morgan fingerprint density at radius 1 is 1.88 bits per heavy atom. The third-order valence-corrected chi connectivity index (χ3v) is 0.951. The van der Waals surface area contributed by atoms with E-state index < -0.39 is 0 Å². The Morgan fingerprint density at radius 3 is 2.50 bits per heavy atom. The first-order valence-electron chi connectivity index (χ1n) is 2.25. The van der Waals surface area contributed by atoms with Crippen LogP contribution in [-0.2, 0) is 4.79 Å². The first-order valence-corrected chi connectivity index (χ1v) is 2.76. The minimum absolute atomic E-state index is 0.0628. The number of rotatable bonds is 2. The van der Waals surface area contributed by atoms with Crippen LogP contribution in [0.2, 0.25) is 0 Å². The molecule has 0 amide bonds. The highest BCUT2D eigenvalue weighted by Crippen LogP contribution is 1.93. The summed E-state index contributed by atoms with van der Waals surface area (Å²) in [6.07, 6.45) is 0.309. The SMILES string of the molecule is CC(=O)C/C(N)=C/S. The highest BCUT2D eigenvalue weighted by atomic mass is 32.1.